The average molecular weight is 274 g/mol. The molecule has 1 aromatic heterocycles. The maximum Gasteiger partial charge on any atom is 0.404 e. The zero-order chi connectivity index (χ0) is 11.1. The number of carbonyl (C=O) groups excluding carboxylic acids is 1. The van der Waals surface area contributed by atoms with E-state index in [4.69, 9.17) is 5.73 Å². The van der Waals surface area contributed by atoms with E-state index >= 15 is 0 Å². The van der Waals surface area contributed by atoms with Crippen LogP contribution in [0.2, 0.25) is 0 Å². The van der Waals surface area contributed by atoms with Crippen molar-refractivity contribution in [1.29, 1.82) is 0 Å². The van der Waals surface area contributed by atoms with Gasteiger partial charge in [-0.15, -0.1) is 0 Å². The van der Waals surface area contributed by atoms with Gasteiger partial charge in [0.1, 0.15) is 11.2 Å². The predicted molar refractivity (Wildman–Crippen MR) is 59.2 cm³/mol. The topological polar surface area (TPSA) is 77.2 Å². The molecule has 0 fully saturated rings. The maximum atomic E-state index is 10.2. The number of ether oxygens (including phenoxy) is 1. The fourth-order valence-electron chi connectivity index (χ4n) is 0.989. The number of nitrogens with one attached hydrogen (secondary N) is 1. The second-order valence-corrected chi connectivity index (χ2v) is 3.61. The van der Waals surface area contributed by atoms with Crippen molar-refractivity contribution in [1.82, 2.24) is 10.3 Å². The maximum absolute atomic E-state index is 10.2. The third-order valence-corrected chi connectivity index (χ3v) is 2.04. The summed E-state index contributed by atoms with van der Waals surface area (Å²) in [5.41, 5.74) is 5.72. The fraction of sp³-hybridized carbons (Fsp3) is 0.333. The molecule has 0 atom stereocenters. The number of rotatable bonds is 5. The van der Waals surface area contributed by atoms with Crippen molar-refractivity contribution >= 4 is 22.0 Å². The Morgan fingerprint density at radius 3 is 3.07 bits per heavy atom. The number of primary amides is 1. The molecule has 5 nitrogen and oxygen atoms in total. The molecule has 0 unspecified atom stereocenters. The van der Waals surface area contributed by atoms with Crippen LogP contribution in [-0.2, 0) is 11.3 Å². The van der Waals surface area contributed by atoms with Crippen LogP contribution in [-0.4, -0.2) is 24.2 Å². The van der Waals surface area contributed by atoms with Gasteiger partial charge in [0, 0.05) is 13.1 Å². The van der Waals surface area contributed by atoms with Gasteiger partial charge in [-0.1, -0.05) is 6.07 Å². The van der Waals surface area contributed by atoms with E-state index in [1.807, 2.05) is 18.2 Å². The Hall–Kier alpha value is -1.14. The van der Waals surface area contributed by atoms with Crippen molar-refractivity contribution in [3.63, 3.8) is 0 Å². The van der Waals surface area contributed by atoms with Crippen LogP contribution >= 0.6 is 15.9 Å². The van der Waals surface area contributed by atoms with Gasteiger partial charge in [0.25, 0.3) is 0 Å². The largest absolute Gasteiger partial charge is 0.448 e. The van der Waals surface area contributed by atoms with Gasteiger partial charge in [-0.3, -0.25) is 0 Å². The normalized spacial score (nSPS) is 9.93. The number of pyridine rings is 1. The van der Waals surface area contributed by atoms with E-state index < -0.39 is 6.09 Å². The lowest BCUT2D eigenvalue weighted by Gasteiger charge is -2.04. The van der Waals surface area contributed by atoms with Gasteiger partial charge in [-0.05, 0) is 28.1 Å². The molecule has 15 heavy (non-hydrogen) atoms. The molecule has 1 rings (SSSR count). The molecule has 0 aromatic carbocycles. The van der Waals surface area contributed by atoms with Crippen LogP contribution in [0.4, 0.5) is 4.79 Å². The molecule has 0 saturated carbocycles. The van der Waals surface area contributed by atoms with Crippen LogP contribution in [0.3, 0.4) is 0 Å². The van der Waals surface area contributed by atoms with Crippen molar-refractivity contribution in [2.24, 2.45) is 5.73 Å². The van der Waals surface area contributed by atoms with Crippen LogP contribution in [0.15, 0.2) is 22.8 Å². The molecular weight excluding hydrogens is 262 g/mol. The average Bonchev–Trinajstić information content (AvgIpc) is 2.17. The van der Waals surface area contributed by atoms with Gasteiger partial charge in [0.2, 0.25) is 0 Å². The summed E-state index contributed by atoms with van der Waals surface area (Å²) >= 11 is 3.28. The van der Waals surface area contributed by atoms with Gasteiger partial charge in [0.05, 0.1) is 5.69 Å². The zero-order valence-electron chi connectivity index (χ0n) is 8.07. The minimum absolute atomic E-state index is 0.267. The molecule has 1 aromatic rings. The molecule has 0 bridgehead atoms. The first-order valence-electron chi connectivity index (χ1n) is 4.43. The number of nitrogens with two attached hydrogens (primary N) is 1. The van der Waals surface area contributed by atoms with E-state index in [1.54, 1.807) is 0 Å². The van der Waals surface area contributed by atoms with E-state index in [1.165, 1.54) is 0 Å². The van der Waals surface area contributed by atoms with Crippen molar-refractivity contribution in [3.8, 4) is 0 Å². The minimum atomic E-state index is -0.752. The Morgan fingerprint density at radius 1 is 1.60 bits per heavy atom. The molecule has 82 valence electrons. The summed E-state index contributed by atoms with van der Waals surface area (Å²) in [6, 6.07) is 5.68. The Labute approximate surface area is 96.1 Å². The predicted octanol–water partition coefficient (Wildman–Crippen LogP) is 1.03. The first-order valence-corrected chi connectivity index (χ1v) is 5.22. The quantitative estimate of drug-likeness (QED) is 0.621. The Kier molecular flexibility index (Phi) is 5.06. The number of hydrogen-bond donors (Lipinski definition) is 2. The lowest BCUT2D eigenvalue weighted by atomic mass is 10.3. The number of hydrogen-bond acceptors (Lipinski definition) is 4. The van der Waals surface area contributed by atoms with E-state index in [0.29, 0.717) is 13.1 Å². The highest BCUT2D eigenvalue weighted by Gasteiger charge is 1.96. The number of halogens is 1. The van der Waals surface area contributed by atoms with Crippen molar-refractivity contribution in [2.75, 3.05) is 13.2 Å². The number of nitrogens with zero attached hydrogens (tertiary/aromatic N) is 1. The number of carbonyl (C=O) groups is 1. The zero-order valence-corrected chi connectivity index (χ0v) is 9.66. The molecule has 1 heterocycles. The van der Waals surface area contributed by atoms with Crippen molar-refractivity contribution in [2.45, 2.75) is 6.54 Å². The van der Waals surface area contributed by atoms with Crippen LogP contribution in [0.1, 0.15) is 5.69 Å². The first kappa shape index (κ1) is 11.9. The third kappa shape index (κ3) is 5.34. The molecule has 6 heteroatoms. The van der Waals surface area contributed by atoms with E-state index in [9.17, 15) is 4.79 Å². The summed E-state index contributed by atoms with van der Waals surface area (Å²) in [4.78, 5) is 14.5. The van der Waals surface area contributed by atoms with Crippen LogP contribution in [0.5, 0.6) is 0 Å². The van der Waals surface area contributed by atoms with Crippen molar-refractivity contribution in [3.05, 3.63) is 28.5 Å². The molecular formula is C9H12BrN3O2. The Balaban J connectivity index is 2.17. The standard InChI is InChI=1S/C9H12BrN3O2/c10-8-3-1-2-7(13-8)6-12-4-5-15-9(11)14/h1-3,12H,4-6H2,(H2,11,14). The fourth-order valence-corrected chi connectivity index (χ4v) is 1.37. The number of amides is 1. The number of aromatic nitrogens is 1. The summed E-state index contributed by atoms with van der Waals surface area (Å²) < 4.78 is 5.35. The highest BCUT2D eigenvalue weighted by Crippen LogP contribution is 2.05. The van der Waals surface area contributed by atoms with Gasteiger partial charge in [-0.25, -0.2) is 9.78 Å². The highest BCUT2D eigenvalue weighted by molar-refractivity contribution is 9.10. The Bertz CT molecular complexity index is 333. The van der Waals surface area contributed by atoms with Gasteiger partial charge in [0.15, 0.2) is 0 Å². The van der Waals surface area contributed by atoms with Crippen molar-refractivity contribution < 1.29 is 9.53 Å². The molecule has 1 amide bonds. The molecule has 0 aliphatic heterocycles. The molecule has 0 saturated heterocycles. The summed E-state index contributed by atoms with van der Waals surface area (Å²) in [5.74, 6) is 0. The van der Waals surface area contributed by atoms with E-state index in [0.717, 1.165) is 10.3 Å². The van der Waals surface area contributed by atoms with E-state index in [2.05, 4.69) is 31.0 Å². The minimum Gasteiger partial charge on any atom is -0.448 e. The van der Waals surface area contributed by atoms with E-state index in [-0.39, 0.29) is 6.61 Å². The molecule has 0 aliphatic carbocycles. The lowest BCUT2D eigenvalue weighted by molar-refractivity contribution is 0.157. The molecule has 0 aliphatic rings. The third-order valence-electron chi connectivity index (χ3n) is 1.60. The van der Waals surface area contributed by atoms with Gasteiger partial charge in [-0.2, -0.15) is 0 Å². The highest BCUT2D eigenvalue weighted by atomic mass is 79.9. The van der Waals surface area contributed by atoms with Gasteiger partial charge < -0.3 is 15.8 Å². The smallest absolute Gasteiger partial charge is 0.404 e. The lowest BCUT2D eigenvalue weighted by Crippen LogP contribution is -2.23. The second kappa shape index (κ2) is 6.36. The van der Waals surface area contributed by atoms with Crippen LogP contribution in [0, 0.1) is 0 Å². The summed E-state index contributed by atoms with van der Waals surface area (Å²) in [6.45, 7) is 1.45. The second-order valence-electron chi connectivity index (χ2n) is 2.80. The SMILES string of the molecule is NC(=O)OCCNCc1cccc(Br)n1. The monoisotopic (exact) mass is 273 g/mol. The summed E-state index contributed by atoms with van der Waals surface area (Å²) in [7, 11) is 0. The molecule has 3 N–H and O–H groups in total. The molecule has 0 radical (unpaired) electrons. The van der Waals surface area contributed by atoms with Crippen LogP contribution in [0.25, 0.3) is 0 Å². The summed E-state index contributed by atoms with van der Waals surface area (Å²) in [5, 5.41) is 3.07. The Morgan fingerprint density at radius 2 is 2.40 bits per heavy atom. The van der Waals surface area contributed by atoms with Crippen LogP contribution < -0.4 is 11.1 Å². The summed E-state index contributed by atoms with van der Waals surface area (Å²) in [6.07, 6.45) is -0.752. The molecule has 0 spiro atoms. The first-order chi connectivity index (χ1) is 7.18. The van der Waals surface area contributed by atoms with Gasteiger partial charge >= 0.3 is 6.09 Å².